The Bertz CT molecular complexity index is 2860. The second-order valence-corrected chi connectivity index (χ2v) is 13.0. The fourth-order valence-electron chi connectivity index (χ4n) is 7.72. The Morgan fingerprint density at radius 1 is 0.423 bits per heavy atom. The van der Waals surface area contributed by atoms with Gasteiger partial charge in [-0.05, 0) is 71.1 Å². The molecule has 0 saturated heterocycles. The van der Waals surface area contributed by atoms with Crippen molar-refractivity contribution in [1.29, 1.82) is 0 Å². The second kappa shape index (κ2) is 12.0. The van der Waals surface area contributed by atoms with Gasteiger partial charge in [0.25, 0.3) is 5.56 Å². The number of nitrogens with zero attached hydrogens (tertiary/aromatic N) is 4. The molecule has 0 unspecified atom stereocenters. The lowest BCUT2D eigenvalue weighted by atomic mass is 9.92. The maximum absolute atomic E-state index is 14.9. The van der Waals surface area contributed by atoms with Crippen LogP contribution in [0.2, 0.25) is 0 Å². The van der Waals surface area contributed by atoms with Gasteiger partial charge in [-0.25, -0.2) is 0 Å². The fraction of sp³-hybridized carbons (Fsp3) is 0. The van der Waals surface area contributed by atoms with E-state index >= 15 is 0 Å². The minimum atomic E-state index is -0.0482. The average Bonchev–Trinajstić information content (AvgIpc) is 3.22. The number of aromatic nitrogens is 3. The van der Waals surface area contributed by atoms with Gasteiger partial charge in [0.15, 0.2) is 0 Å². The first-order valence-electron chi connectivity index (χ1n) is 17.4. The van der Waals surface area contributed by atoms with Crippen LogP contribution in [0.3, 0.4) is 0 Å². The molecule has 0 fully saturated rings. The highest BCUT2D eigenvalue weighted by molar-refractivity contribution is 6.13. The van der Waals surface area contributed by atoms with E-state index in [0.717, 1.165) is 83.8 Å². The van der Waals surface area contributed by atoms with Crippen molar-refractivity contribution in [2.45, 2.75) is 0 Å². The van der Waals surface area contributed by atoms with E-state index in [1.54, 1.807) is 6.20 Å². The second-order valence-electron chi connectivity index (χ2n) is 13.0. The van der Waals surface area contributed by atoms with E-state index in [0.29, 0.717) is 5.39 Å². The Labute approximate surface area is 300 Å². The van der Waals surface area contributed by atoms with Gasteiger partial charge in [0.1, 0.15) is 0 Å². The molecule has 6 aromatic carbocycles. The van der Waals surface area contributed by atoms with Crippen molar-refractivity contribution in [3.05, 3.63) is 193 Å². The Hall–Kier alpha value is -7.11. The maximum Gasteiger partial charge on any atom is 0.263 e. The van der Waals surface area contributed by atoms with Crippen molar-refractivity contribution >= 4 is 38.7 Å². The molecule has 1 aliphatic rings. The van der Waals surface area contributed by atoms with E-state index in [4.69, 9.17) is 4.98 Å². The van der Waals surface area contributed by atoms with E-state index in [1.165, 1.54) is 0 Å². The first kappa shape index (κ1) is 29.8. The molecule has 0 bridgehead atoms. The Morgan fingerprint density at radius 2 is 1.08 bits per heavy atom. The van der Waals surface area contributed by atoms with Crippen molar-refractivity contribution < 1.29 is 0 Å². The lowest BCUT2D eigenvalue weighted by Gasteiger charge is -2.32. The number of hydrogen-bond donors (Lipinski definition) is 0. The van der Waals surface area contributed by atoms with E-state index in [9.17, 15) is 4.79 Å². The molecule has 9 aromatic rings. The summed E-state index contributed by atoms with van der Waals surface area (Å²) in [7, 11) is 0. The Kier molecular flexibility index (Phi) is 6.89. The number of anilines is 3. The molecule has 4 heterocycles. The summed E-state index contributed by atoms with van der Waals surface area (Å²) in [6.07, 6.45) is 3.72. The van der Waals surface area contributed by atoms with Crippen LogP contribution in [0.1, 0.15) is 0 Å². The topological polar surface area (TPSA) is 51.0 Å². The Balaban J connectivity index is 1.36. The SMILES string of the molecule is O=c1c2ccccc2c2cccc3c2n1-c1ccccc1-c1cc(-c2ccccc2)ccc1N(c1ccc(-c2ccccn2)nc1)c1ccccc1-3. The zero-order valence-corrected chi connectivity index (χ0v) is 28.0. The van der Waals surface area contributed by atoms with E-state index in [1.807, 2.05) is 65.4 Å². The molecule has 0 atom stereocenters. The predicted octanol–water partition coefficient (Wildman–Crippen LogP) is 11.4. The first-order chi connectivity index (χ1) is 25.7. The maximum atomic E-state index is 14.9. The number of para-hydroxylation sites is 3. The summed E-state index contributed by atoms with van der Waals surface area (Å²) in [5.41, 5.74) is 12.2. The van der Waals surface area contributed by atoms with Crippen molar-refractivity contribution in [3.8, 4) is 50.5 Å². The van der Waals surface area contributed by atoms with Gasteiger partial charge in [-0.2, -0.15) is 0 Å². The van der Waals surface area contributed by atoms with Gasteiger partial charge < -0.3 is 4.90 Å². The summed E-state index contributed by atoms with van der Waals surface area (Å²) in [6, 6.07) is 58.1. The lowest BCUT2D eigenvalue weighted by Crippen LogP contribution is -2.21. The highest BCUT2D eigenvalue weighted by Gasteiger charge is 2.27. The Morgan fingerprint density at radius 3 is 1.87 bits per heavy atom. The zero-order valence-electron chi connectivity index (χ0n) is 28.0. The van der Waals surface area contributed by atoms with Crippen LogP contribution in [0.25, 0.3) is 72.1 Å². The molecule has 10 rings (SSSR count). The molecule has 0 spiro atoms. The van der Waals surface area contributed by atoms with E-state index in [-0.39, 0.29) is 5.56 Å². The predicted molar refractivity (Wildman–Crippen MR) is 213 cm³/mol. The largest absolute Gasteiger partial charge is 0.308 e. The molecule has 0 radical (unpaired) electrons. The molecular formula is C47H30N4O. The van der Waals surface area contributed by atoms with E-state index < -0.39 is 0 Å². The summed E-state index contributed by atoms with van der Waals surface area (Å²) < 4.78 is 1.94. The molecule has 0 N–H and O–H groups in total. The van der Waals surface area contributed by atoms with Gasteiger partial charge in [-0.3, -0.25) is 19.3 Å². The minimum Gasteiger partial charge on any atom is -0.308 e. The highest BCUT2D eigenvalue weighted by atomic mass is 16.1. The lowest BCUT2D eigenvalue weighted by molar-refractivity contribution is 1.06. The molecular weight excluding hydrogens is 637 g/mol. The van der Waals surface area contributed by atoms with Crippen LogP contribution >= 0.6 is 0 Å². The molecule has 5 heteroatoms. The molecule has 244 valence electrons. The minimum absolute atomic E-state index is 0.0482. The smallest absolute Gasteiger partial charge is 0.263 e. The molecule has 0 aliphatic carbocycles. The van der Waals surface area contributed by atoms with Gasteiger partial charge in [0, 0.05) is 39.2 Å². The third-order valence-corrected chi connectivity index (χ3v) is 10.1. The zero-order chi connectivity index (χ0) is 34.6. The van der Waals surface area contributed by atoms with Crippen molar-refractivity contribution in [2.24, 2.45) is 0 Å². The highest BCUT2D eigenvalue weighted by Crippen LogP contribution is 2.49. The summed E-state index contributed by atoms with van der Waals surface area (Å²) >= 11 is 0. The number of hydrogen-bond acceptors (Lipinski definition) is 4. The van der Waals surface area contributed by atoms with Gasteiger partial charge >= 0.3 is 0 Å². The number of benzene rings is 6. The van der Waals surface area contributed by atoms with Crippen LogP contribution < -0.4 is 10.5 Å². The van der Waals surface area contributed by atoms with Crippen LogP contribution in [-0.4, -0.2) is 14.5 Å². The van der Waals surface area contributed by atoms with Gasteiger partial charge in [-0.1, -0.05) is 115 Å². The number of rotatable bonds is 3. The van der Waals surface area contributed by atoms with Crippen LogP contribution in [-0.2, 0) is 0 Å². The molecule has 0 saturated carbocycles. The summed E-state index contributed by atoms with van der Waals surface area (Å²) in [6.45, 7) is 0. The van der Waals surface area contributed by atoms with E-state index in [2.05, 4.69) is 125 Å². The van der Waals surface area contributed by atoms with Crippen molar-refractivity contribution in [1.82, 2.24) is 14.5 Å². The van der Waals surface area contributed by atoms with Crippen LogP contribution in [0, 0.1) is 0 Å². The summed E-state index contributed by atoms with van der Waals surface area (Å²) in [5.74, 6) is 0. The van der Waals surface area contributed by atoms with Crippen LogP contribution in [0.4, 0.5) is 17.1 Å². The normalized spacial score (nSPS) is 11.9. The van der Waals surface area contributed by atoms with Crippen molar-refractivity contribution in [2.75, 3.05) is 4.90 Å². The molecule has 3 aromatic heterocycles. The van der Waals surface area contributed by atoms with Gasteiger partial charge in [0.2, 0.25) is 0 Å². The third-order valence-electron chi connectivity index (χ3n) is 10.1. The van der Waals surface area contributed by atoms with Crippen LogP contribution in [0.15, 0.2) is 187 Å². The average molecular weight is 667 g/mol. The summed E-state index contributed by atoms with van der Waals surface area (Å²) in [5, 5.41) is 2.64. The first-order valence-corrected chi connectivity index (χ1v) is 17.4. The quantitative estimate of drug-likeness (QED) is 0.176. The van der Waals surface area contributed by atoms with Gasteiger partial charge in [0.05, 0.1) is 45.9 Å². The van der Waals surface area contributed by atoms with Crippen molar-refractivity contribution in [3.63, 3.8) is 0 Å². The molecule has 1 aliphatic heterocycles. The fourth-order valence-corrected chi connectivity index (χ4v) is 7.72. The standard InChI is InChI=1S/C47H30N4O/c52-47-39-18-5-4-15-34(39)37-19-12-20-38-35-16-6-8-22-43(35)50(33-25-26-42(49-30-33)41-21-10-11-28-48-41)45-27-24-32(31-13-2-1-3-14-31)29-40(45)36-17-7-9-23-44(36)51(47)46(37)38/h1-30H. The molecule has 5 nitrogen and oxygen atoms in total. The monoisotopic (exact) mass is 666 g/mol. The third kappa shape index (κ3) is 4.67. The number of pyridine rings is 3. The number of fused-ring (bicyclic) bond motifs is 8. The summed E-state index contributed by atoms with van der Waals surface area (Å²) in [4.78, 5) is 26.7. The van der Waals surface area contributed by atoms with Crippen LogP contribution in [0.5, 0.6) is 0 Å². The molecule has 0 amide bonds. The van der Waals surface area contributed by atoms with Gasteiger partial charge in [-0.15, -0.1) is 0 Å². The molecule has 52 heavy (non-hydrogen) atoms.